The Bertz CT molecular complexity index is 1110. The van der Waals surface area contributed by atoms with Crippen LogP contribution in [0.25, 0.3) is 17.2 Å². The SMILES string of the molecule is Cc1ccc(NCc2cc(=O)n3nc(-c4ccc(F)cc4)nc3[nH]2)cc1. The van der Waals surface area contributed by atoms with E-state index < -0.39 is 0 Å². The van der Waals surface area contributed by atoms with Crippen LogP contribution in [0.4, 0.5) is 10.1 Å². The van der Waals surface area contributed by atoms with Crippen molar-refractivity contribution in [3.8, 4) is 11.4 Å². The van der Waals surface area contributed by atoms with E-state index in [2.05, 4.69) is 20.4 Å². The number of halogens is 1. The second-order valence-electron chi connectivity index (χ2n) is 6.03. The van der Waals surface area contributed by atoms with Gasteiger partial charge in [-0.15, -0.1) is 5.10 Å². The second kappa shape index (κ2) is 6.44. The number of anilines is 1. The number of aryl methyl sites for hydroxylation is 1. The molecule has 4 aromatic rings. The highest BCUT2D eigenvalue weighted by Crippen LogP contribution is 2.16. The number of aromatic amines is 1. The number of nitrogens with zero attached hydrogens (tertiary/aromatic N) is 3. The zero-order valence-corrected chi connectivity index (χ0v) is 14.0. The summed E-state index contributed by atoms with van der Waals surface area (Å²) in [4.78, 5) is 19.8. The first-order valence-electron chi connectivity index (χ1n) is 8.14. The fourth-order valence-corrected chi connectivity index (χ4v) is 2.62. The van der Waals surface area contributed by atoms with E-state index in [-0.39, 0.29) is 11.4 Å². The minimum Gasteiger partial charge on any atom is -0.379 e. The molecule has 0 fully saturated rings. The van der Waals surface area contributed by atoms with Crippen LogP contribution in [-0.2, 0) is 6.54 Å². The molecule has 130 valence electrons. The lowest BCUT2D eigenvalue weighted by Gasteiger charge is -2.06. The molecule has 0 saturated heterocycles. The molecule has 0 atom stereocenters. The molecule has 0 spiro atoms. The first-order valence-corrected chi connectivity index (χ1v) is 8.14. The van der Waals surface area contributed by atoms with Crippen LogP contribution in [0, 0.1) is 12.7 Å². The third kappa shape index (κ3) is 3.19. The molecule has 2 heterocycles. The van der Waals surface area contributed by atoms with Gasteiger partial charge < -0.3 is 10.3 Å². The Morgan fingerprint density at radius 2 is 1.85 bits per heavy atom. The normalized spacial score (nSPS) is 11.0. The molecule has 0 aliphatic heterocycles. The summed E-state index contributed by atoms with van der Waals surface area (Å²) in [5.74, 6) is 0.373. The largest absolute Gasteiger partial charge is 0.379 e. The van der Waals surface area contributed by atoms with Gasteiger partial charge in [-0.3, -0.25) is 4.79 Å². The maximum atomic E-state index is 13.1. The summed E-state index contributed by atoms with van der Waals surface area (Å²) in [6, 6.07) is 15.3. The predicted octanol–water partition coefficient (Wildman–Crippen LogP) is 3.14. The van der Waals surface area contributed by atoms with Crippen molar-refractivity contribution in [1.82, 2.24) is 19.6 Å². The standard InChI is InChI=1S/C19H16FN5O/c1-12-2-8-15(9-3-12)21-11-16-10-17(26)25-19(22-16)23-18(24-25)13-4-6-14(20)7-5-13/h2-10,21H,11H2,1H3,(H,22,23,24). The summed E-state index contributed by atoms with van der Waals surface area (Å²) >= 11 is 0. The molecule has 2 N–H and O–H groups in total. The number of fused-ring (bicyclic) bond motifs is 1. The van der Waals surface area contributed by atoms with Crippen LogP contribution in [0.2, 0.25) is 0 Å². The first kappa shape index (κ1) is 16.0. The van der Waals surface area contributed by atoms with Crippen LogP contribution in [0.1, 0.15) is 11.3 Å². The number of aromatic nitrogens is 4. The van der Waals surface area contributed by atoms with Crippen LogP contribution in [-0.4, -0.2) is 19.6 Å². The van der Waals surface area contributed by atoms with Gasteiger partial charge in [0.05, 0.1) is 6.54 Å². The molecule has 0 saturated carbocycles. The monoisotopic (exact) mass is 349 g/mol. The Morgan fingerprint density at radius 3 is 2.58 bits per heavy atom. The zero-order valence-electron chi connectivity index (χ0n) is 14.0. The highest BCUT2D eigenvalue weighted by molar-refractivity contribution is 5.56. The van der Waals surface area contributed by atoms with E-state index in [1.807, 2.05) is 31.2 Å². The Labute approximate surface area is 148 Å². The molecule has 6 nitrogen and oxygen atoms in total. The Morgan fingerprint density at radius 1 is 1.12 bits per heavy atom. The molecule has 7 heteroatoms. The van der Waals surface area contributed by atoms with Crippen molar-refractivity contribution in [3.63, 3.8) is 0 Å². The van der Waals surface area contributed by atoms with Crippen molar-refractivity contribution in [1.29, 1.82) is 0 Å². The molecule has 0 aliphatic carbocycles. The number of hydrogen-bond acceptors (Lipinski definition) is 4. The quantitative estimate of drug-likeness (QED) is 0.593. The van der Waals surface area contributed by atoms with E-state index in [4.69, 9.17) is 0 Å². The number of hydrogen-bond donors (Lipinski definition) is 2. The molecular formula is C19H16FN5O. The minimum absolute atomic E-state index is 0.277. The third-order valence-corrected chi connectivity index (χ3v) is 4.02. The third-order valence-electron chi connectivity index (χ3n) is 4.02. The van der Waals surface area contributed by atoms with Crippen LogP contribution in [0.5, 0.6) is 0 Å². The molecular weight excluding hydrogens is 333 g/mol. The lowest BCUT2D eigenvalue weighted by atomic mass is 10.2. The fraction of sp³-hybridized carbons (Fsp3) is 0.105. The Kier molecular flexibility index (Phi) is 3.96. The maximum absolute atomic E-state index is 13.1. The lowest BCUT2D eigenvalue weighted by molar-refractivity contribution is 0.628. The van der Waals surface area contributed by atoms with E-state index in [1.165, 1.54) is 28.3 Å². The van der Waals surface area contributed by atoms with Gasteiger partial charge >= 0.3 is 0 Å². The van der Waals surface area contributed by atoms with Crippen LogP contribution < -0.4 is 10.9 Å². The number of H-pyrrole nitrogens is 1. The summed E-state index contributed by atoms with van der Waals surface area (Å²) < 4.78 is 14.3. The Hall–Kier alpha value is -3.48. The summed E-state index contributed by atoms with van der Waals surface area (Å²) in [5, 5.41) is 7.46. The molecule has 2 aromatic heterocycles. The van der Waals surface area contributed by atoms with E-state index in [9.17, 15) is 9.18 Å². The summed E-state index contributed by atoms with van der Waals surface area (Å²) in [7, 11) is 0. The smallest absolute Gasteiger partial charge is 0.275 e. The van der Waals surface area contributed by atoms with E-state index in [0.29, 0.717) is 29.4 Å². The van der Waals surface area contributed by atoms with E-state index in [1.54, 1.807) is 12.1 Å². The van der Waals surface area contributed by atoms with Crippen LogP contribution >= 0.6 is 0 Å². The van der Waals surface area contributed by atoms with Crippen molar-refractivity contribution >= 4 is 11.5 Å². The molecule has 0 bridgehead atoms. The van der Waals surface area contributed by atoms with Gasteiger partial charge in [0.25, 0.3) is 5.56 Å². The molecule has 0 aliphatic rings. The molecule has 4 rings (SSSR count). The van der Waals surface area contributed by atoms with Crippen molar-refractivity contribution in [2.75, 3.05) is 5.32 Å². The molecule has 2 aromatic carbocycles. The van der Waals surface area contributed by atoms with Gasteiger partial charge in [-0.05, 0) is 43.3 Å². The van der Waals surface area contributed by atoms with Gasteiger partial charge in [-0.1, -0.05) is 17.7 Å². The van der Waals surface area contributed by atoms with Crippen molar-refractivity contribution in [2.24, 2.45) is 0 Å². The van der Waals surface area contributed by atoms with Gasteiger partial charge in [0.1, 0.15) is 5.82 Å². The van der Waals surface area contributed by atoms with Crippen molar-refractivity contribution in [2.45, 2.75) is 13.5 Å². The van der Waals surface area contributed by atoms with Crippen molar-refractivity contribution in [3.05, 3.63) is 82.0 Å². The first-order chi connectivity index (χ1) is 12.6. The molecule has 0 unspecified atom stereocenters. The molecule has 0 amide bonds. The number of benzene rings is 2. The topological polar surface area (TPSA) is 75.1 Å². The second-order valence-corrected chi connectivity index (χ2v) is 6.03. The average Bonchev–Trinajstić information content (AvgIpc) is 3.07. The number of nitrogens with one attached hydrogen (secondary N) is 2. The van der Waals surface area contributed by atoms with E-state index in [0.717, 1.165) is 5.69 Å². The Balaban J connectivity index is 1.62. The fourth-order valence-electron chi connectivity index (χ4n) is 2.62. The summed E-state index contributed by atoms with van der Waals surface area (Å²) in [6.45, 7) is 2.48. The predicted molar refractivity (Wildman–Crippen MR) is 97.5 cm³/mol. The van der Waals surface area contributed by atoms with Crippen LogP contribution in [0.3, 0.4) is 0 Å². The van der Waals surface area contributed by atoms with Gasteiger partial charge in [0, 0.05) is 23.0 Å². The molecule has 0 radical (unpaired) electrons. The van der Waals surface area contributed by atoms with Gasteiger partial charge in [-0.25, -0.2) is 4.39 Å². The van der Waals surface area contributed by atoms with Gasteiger partial charge in [-0.2, -0.15) is 9.50 Å². The molecule has 26 heavy (non-hydrogen) atoms. The average molecular weight is 349 g/mol. The number of rotatable bonds is 4. The van der Waals surface area contributed by atoms with Gasteiger partial charge in [0.15, 0.2) is 5.82 Å². The van der Waals surface area contributed by atoms with E-state index >= 15 is 0 Å². The van der Waals surface area contributed by atoms with Gasteiger partial charge in [0.2, 0.25) is 5.78 Å². The summed E-state index contributed by atoms with van der Waals surface area (Å²) in [6.07, 6.45) is 0. The highest BCUT2D eigenvalue weighted by Gasteiger charge is 2.10. The minimum atomic E-state index is -0.335. The zero-order chi connectivity index (χ0) is 18.1. The van der Waals surface area contributed by atoms with Crippen molar-refractivity contribution < 1.29 is 4.39 Å². The summed E-state index contributed by atoms with van der Waals surface area (Å²) in [5.41, 5.74) is 3.20. The maximum Gasteiger partial charge on any atom is 0.275 e. The lowest BCUT2D eigenvalue weighted by Crippen LogP contribution is -2.17. The highest BCUT2D eigenvalue weighted by atomic mass is 19.1. The van der Waals surface area contributed by atoms with Crippen LogP contribution in [0.15, 0.2) is 59.4 Å².